The highest BCUT2D eigenvalue weighted by atomic mass is 16.5. The fourth-order valence-electron chi connectivity index (χ4n) is 2.01. The van der Waals surface area contributed by atoms with Gasteiger partial charge in [-0.15, -0.1) is 0 Å². The van der Waals surface area contributed by atoms with Crippen LogP contribution in [0.3, 0.4) is 0 Å². The van der Waals surface area contributed by atoms with Gasteiger partial charge in [-0.3, -0.25) is 0 Å². The highest BCUT2D eigenvalue weighted by molar-refractivity contribution is 5.42. The van der Waals surface area contributed by atoms with Crippen LogP contribution in [0, 0.1) is 0 Å². The van der Waals surface area contributed by atoms with Crippen LogP contribution in [0.2, 0.25) is 0 Å². The van der Waals surface area contributed by atoms with E-state index in [0.29, 0.717) is 6.61 Å². The van der Waals surface area contributed by atoms with Crippen LogP contribution >= 0.6 is 0 Å². The topological polar surface area (TPSA) is 43.6 Å². The molecule has 0 bridgehead atoms. The first-order valence-corrected chi connectivity index (χ1v) is 6.81. The van der Waals surface area contributed by atoms with E-state index in [4.69, 9.17) is 13.9 Å². The first-order valence-electron chi connectivity index (χ1n) is 6.81. The average molecular weight is 275 g/mol. The third-order valence-corrected chi connectivity index (χ3v) is 3.11. The number of benzene rings is 1. The van der Waals surface area contributed by atoms with Crippen molar-refractivity contribution in [3.63, 3.8) is 0 Å². The van der Waals surface area contributed by atoms with E-state index >= 15 is 0 Å². The highest BCUT2D eigenvalue weighted by Gasteiger charge is 2.09. The van der Waals surface area contributed by atoms with Gasteiger partial charge in [0.2, 0.25) is 0 Å². The summed E-state index contributed by atoms with van der Waals surface area (Å²) in [4.78, 5) is 0. The Hall–Kier alpha value is -1.94. The van der Waals surface area contributed by atoms with Crippen LogP contribution < -0.4 is 14.8 Å². The molecular formula is C16H21NO3. The van der Waals surface area contributed by atoms with E-state index in [0.717, 1.165) is 29.4 Å². The molecule has 1 atom stereocenters. The maximum Gasteiger partial charge on any atom is 0.161 e. The van der Waals surface area contributed by atoms with Crippen molar-refractivity contribution in [1.82, 2.24) is 5.32 Å². The lowest BCUT2D eigenvalue weighted by Crippen LogP contribution is -2.17. The van der Waals surface area contributed by atoms with Gasteiger partial charge in [0.1, 0.15) is 5.76 Å². The number of rotatable bonds is 7. The summed E-state index contributed by atoms with van der Waals surface area (Å²) in [7, 11) is 1.65. The van der Waals surface area contributed by atoms with Crippen LogP contribution in [0.1, 0.15) is 31.2 Å². The van der Waals surface area contributed by atoms with Gasteiger partial charge >= 0.3 is 0 Å². The van der Waals surface area contributed by atoms with Crippen molar-refractivity contribution in [3.05, 3.63) is 47.9 Å². The third-order valence-electron chi connectivity index (χ3n) is 3.11. The molecule has 0 aliphatic carbocycles. The molecule has 0 radical (unpaired) electrons. The standard InChI is InChI=1S/C16H21NO3/c1-4-19-15-8-7-13(10-16(15)18-3)11-17-12(2)14-6-5-9-20-14/h5-10,12,17H,4,11H2,1-3H3. The molecule has 0 aliphatic rings. The van der Waals surface area contributed by atoms with Crippen molar-refractivity contribution < 1.29 is 13.9 Å². The van der Waals surface area contributed by atoms with E-state index in [1.54, 1.807) is 13.4 Å². The second-order valence-electron chi connectivity index (χ2n) is 4.54. The van der Waals surface area contributed by atoms with Gasteiger partial charge in [-0.05, 0) is 43.7 Å². The van der Waals surface area contributed by atoms with E-state index in [2.05, 4.69) is 12.2 Å². The maximum atomic E-state index is 5.51. The lowest BCUT2D eigenvalue weighted by Gasteiger charge is -2.14. The largest absolute Gasteiger partial charge is 0.493 e. The van der Waals surface area contributed by atoms with Gasteiger partial charge in [0, 0.05) is 6.54 Å². The minimum absolute atomic E-state index is 0.169. The zero-order chi connectivity index (χ0) is 14.4. The van der Waals surface area contributed by atoms with Gasteiger partial charge in [0.15, 0.2) is 11.5 Å². The monoisotopic (exact) mass is 275 g/mol. The maximum absolute atomic E-state index is 5.51. The summed E-state index contributed by atoms with van der Waals surface area (Å²) >= 11 is 0. The van der Waals surface area contributed by atoms with Crippen LogP contribution in [0.25, 0.3) is 0 Å². The zero-order valence-corrected chi connectivity index (χ0v) is 12.2. The number of hydrogen-bond acceptors (Lipinski definition) is 4. The number of furan rings is 1. The van der Waals surface area contributed by atoms with Crippen molar-refractivity contribution in [3.8, 4) is 11.5 Å². The number of methoxy groups -OCH3 is 1. The summed E-state index contributed by atoms with van der Waals surface area (Å²) in [6.45, 7) is 5.40. The number of hydrogen-bond donors (Lipinski definition) is 1. The predicted molar refractivity (Wildman–Crippen MR) is 78.1 cm³/mol. The molecule has 20 heavy (non-hydrogen) atoms. The Morgan fingerprint density at radius 2 is 2.10 bits per heavy atom. The molecule has 108 valence electrons. The van der Waals surface area contributed by atoms with E-state index in [1.165, 1.54) is 0 Å². The van der Waals surface area contributed by atoms with E-state index in [1.807, 2.05) is 37.3 Å². The molecule has 1 aromatic heterocycles. The molecule has 0 aliphatic heterocycles. The fraction of sp³-hybridized carbons (Fsp3) is 0.375. The molecule has 1 N–H and O–H groups in total. The summed E-state index contributed by atoms with van der Waals surface area (Å²) < 4.78 is 16.2. The summed E-state index contributed by atoms with van der Waals surface area (Å²) in [6.07, 6.45) is 1.69. The van der Waals surface area contributed by atoms with E-state index in [-0.39, 0.29) is 6.04 Å². The molecule has 0 saturated carbocycles. The van der Waals surface area contributed by atoms with Crippen LogP contribution in [0.4, 0.5) is 0 Å². The van der Waals surface area contributed by atoms with Gasteiger partial charge < -0.3 is 19.2 Å². The summed E-state index contributed by atoms with van der Waals surface area (Å²) in [5.41, 5.74) is 1.14. The first-order chi connectivity index (χ1) is 9.74. The molecule has 0 fully saturated rings. The van der Waals surface area contributed by atoms with Crippen LogP contribution in [0.15, 0.2) is 41.0 Å². The van der Waals surface area contributed by atoms with Crippen LogP contribution in [0.5, 0.6) is 11.5 Å². The molecule has 2 aromatic rings. The Bertz CT molecular complexity index is 523. The SMILES string of the molecule is CCOc1ccc(CNC(C)c2ccco2)cc1OC. The molecule has 0 amide bonds. The van der Waals surface area contributed by atoms with Gasteiger partial charge in [-0.2, -0.15) is 0 Å². The lowest BCUT2D eigenvalue weighted by atomic mass is 10.1. The zero-order valence-electron chi connectivity index (χ0n) is 12.2. The van der Waals surface area contributed by atoms with Crippen molar-refractivity contribution in [1.29, 1.82) is 0 Å². The molecule has 4 nitrogen and oxygen atoms in total. The molecule has 1 unspecified atom stereocenters. The molecule has 0 saturated heterocycles. The second-order valence-corrected chi connectivity index (χ2v) is 4.54. The van der Waals surface area contributed by atoms with Crippen molar-refractivity contribution in [2.45, 2.75) is 26.4 Å². The quantitative estimate of drug-likeness (QED) is 0.839. The Balaban J connectivity index is 1.99. The lowest BCUT2D eigenvalue weighted by molar-refractivity contribution is 0.310. The summed E-state index contributed by atoms with van der Waals surface area (Å²) in [5, 5.41) is 3.41. The van der Waals surface area contributed by atoms with E-state index < -0.39 is 0 Å². The Morgan fingerprint density at radius 1 is 1.25 bits per heavy atom. The second kappa shape index (κ2) is 7.01. The van der Waals surface area contributed by atoms with Gasteiger partial charge in [0.05, 0.1) is 26.0 Å². The highest BCUT2D eigenvalue weighted by Crippen LogP contribution is 2.28. The predicted octanol–water partition coefficient (Wildman–Crippen LogP) is 3.54. The normalized spacial score (nSPS) is 12.2. The summed E-state index contributed by atoms with van der Waals surface area (Å²) in [6, 6.07) is 10.0. The molecule has 1 heterocycles. The van der Waals surface area contributed by atoms with Crippen LogP contribution in [-0.2, 0) is 6.54 Å². The van der Waals surface area contributed by atoms with Gasteiger partial charge in [-0.1, -0.05) is 6.07 Å². The number of nitrogens with one attached hydrogen (secondary N) is 1. The molecule has 2 rings (SSSR count). The number of ether oxygens (including phenoxy) is 2. The Labute approximate surface area is 119 Å². The Kier molecular flexibility index (Phi) is 5.07. The molecule has 1 aromatic carbocycles. The summed E-state index contributed by atoms with van der Waals surface area (Å²) in [5.74, 6) is 2.47. The van der Waals surface area contributed by atoms with E-state index in [9.17, 15) is 0 Å². The third kappa shape index (κ3) is 3.54. The first kappa shape index (κ1) is 14.5. The smallest absolute Gasteiger partial charge is 0.161 e. The minimum atomic E-state index is 0.169. The van der Waals surface area contributed by atoms with Crippen molar-refractivity contribution in [2.24, 2.45) is 0 Å². The van der Waals surface area contributed by atoms with Crippen molar-refractivity contribution in [2.75, 3.05) is 13.7 Å². The van der Waals surface area contributed by atoms with Crippen LogP contribution in [-0.4, -0.2) is 13.7 Å². The Morgan fingerprint density at radius 3 is 2.75 bits per heavy atom. The molecule has 0 spiro atoms. The van der Waals surface area contributed by atoms with Gasteiger partial charge in [-0.25, -0.2) is 0 Å². The van der Waals surface area contributed by atoms with Crippen molar-refractivity contribution >= 4 is 0 Å². The van der Waals surface area contributed by atoms with Gasteiger partial charge in [0.25, 0.3) is 0 Å². The molecule has 4 heteroatoms. The fourth-order valence-corrected chi connectivity index (χ4v) is 2.01. The average Bonchev–Trinajstić information content (AvgIpc) is 3.00. The minimum Gasteiger partial charge on any atom is -0.493 e. The molecular weight excluding hydrogens is 254 g/mol.